The molecule has 7 aliphatic rings. The maximum absolute atomic E-state index is 14.9. The summed E-state index contributed by atoms with van der Waals surface area (Å²) in [6.45, 7) is 31.6. The number of ether oxygens (including phenoxy) is 10. The lowest BCUT2D eigenvalue weighted by molar-refractivity contribution is -0.316. The van der Waals surface area contributed by atoms with Crippen LogP contribution in [-0.2, 0) is 56.6 Å². The number of allylic oxidation sites excluding steroid dienone is 2. The van der Waals surface area contributed by atoms with Crippen LogP contribution >= 0.6 is 0 Å². The molecule has 7 rings (SSSR count). The number of fused-ring (bicyclic) bond motifs is 2. The van der Waals surface area contributed by atoms with E-state index in [1.807, 2.05) is 45.1 Å². The molecule has 2 bridgehead atoms. The highest BCUT2D eigenvalue weighted by Crippen LogP contribution is 2.50. The van der Waals surface area contributed by atoms with E-state index in [0.29, 0.717) is 44.1 Å². The van der Waals surface area contributed by atoms with Gasteiger partial charge in [0, 0.05) is 51.7 Å². The molecule has 6 aliphatic heterocycles. The van der Waals surface area contributed by atoms with Crippen molar-refractivity contribution >= 4 is 14.3 Å². The molecule has 72 heavy (non-hydrogen) atoms. The second-order valence-corrected chi connectivity index (χ2v) is 28.6. The van der Waals surface area contributed by atoms with Gasteiger partial charge in [-0.1, -0.05) is 97.4 Å². The molecule has 4 fully saturated rings. The second kappa shape index (κ2) is 22.7. The van der Waals surface area contributed by atoms with Gasteiger partial charge in [0.2, 0.25) is 0 Å². The van der Waals surface area contributed by atoms with Gasteiger partial charge in [0.25, 0.3) is 0 Å². The Morgan fingerprint density at radius 2 is 1.68 bits per heavy atom. The van der Waals surface area contributed by atoms with E-state index in [2.05, 4.69) is 93.3 Å². The third kappa shape index (κ3) is 11.6. The molecular formula is C57H91NO13Si. The molecule has 1 spiro atoms. The maximum atomic E-state index is 14.9. The molecule has 4 saturated heterocycles. The summed E-state index contributed by atoms with van der Waals surface area (Å²) in [5.41, 5.74) is 6.75. The van der Waals surface area contributed by atoms with Crippen molar-refractivity contribution in [2.75, 3.05) is 20.8 Å². The van der Waals surface area contributed by atoms with E-state index in [4.69, 9.17) is 57.5 Å². The summed E-state index contributed by atoms with van der Waals surface area (Å²) in [6.07, 6.45) is 13.5. The summed E-state index contributed by atoms with van der Waals surface area (Å²) in [5, 5.41) is 13.1. The van der Waals surface area contributed by atoms with Crippen molar-refractivity contribution in [3.63, 3.8) is 0 Å². The number of rotatable bonds is 12. The van der Waals surface area contributed by atoms with E-state index in [1.54, 1.807) is 20.3 Å². The molecule has 6 heterocycles. The van der Waals surface area contributed by atoms with Gasteiger partial charge >= 0.3 is 5.97 Å². The van der Waals surface area contributed by atoms with Crippen LogP contribution in [0.5, 0.6) is 0 Å². The van der Waals surface area contributed by atoms with Crippen LogP contribution in [0.1, 0.15) is 121 Å². The molecule has 0 aromatic heterocycles. The molecule has 1 aliphatic carbocycles. The Balaban J connectivity index is 1.21. The maximum Gasteiger partial charge on any atom is 0.316 e. The molecule has 0 saturated carbocycles. The first kappa shape index (κ1) is 57.4. The molecule has 0 radical (unpaired) electrons. The number of esters is 1. The van der Waals surface area contributed by atoms with E-state index in [9.17, 15) is 9.90 Å². The van der Waals surface area contributed by atoms with Crippen LogP contribution in [0.4, 0.5) is 0 Å². The molecule has 15 heteroatoms. The zero-order valence-electron chi connectivity index (χ0n) is 46.2. The molecule has 20 atom stereocenters. The van der Waals surface area contributed by atoms with Gasteiger partial charge in [0.05, 0.1) is 61.0 Å². The SMILES string of the molecule is C=CC[C@@]1(N)[C@H](C)O[C@@H](O[C@H]2[C@H](C)O[C@@H](O[C@@H]3/C(C)=C/C[C@@H]4C[C@@H](C[C@]5(C=C[C@H](C)[C@@H]([C@@H](C)CC)O5)O4)OC(=O)[C@@H]4C=C(C)[C@@H](O[Si](C)(C)C(C)(C)C)[C@H]5OC/C(=C\C=C\[C@@H]3C)[C@]54O)C[C@@H]2OC)C[C@@H]1OC. The van der Waals surface area contributed by atoms with Gasteiger partial charge in [-0.05, 0) is 87.4 Å². The zero-order valence-corrected chi connectivity index (χ0v) is 47.2. The van der Waals surface area contributed by atoms with Crippen molar-refractivity contribution in [2.24, 2.45) is 29.4 Å². The molecule has 0 unspecified atom stereocenters. The first-order valence-electron chi connectivity index (χ1n) is 26.9. The molecule has 14 nitrogen and oxygen atoms in total. The van der Waals surface area contributed by atoms with Gasteiger partial charge < -0.3 is 62.6 Å². The smallest absolute Gasteiger partial charge is 0.316 e. The standard InChI is InChI=1S/C57H91NO13Si/c1-17-25-56(58)39(9)65-47(30-45(56)62-14)68-51-38(8)64-46(29-44(51)61-13)67-48-34(4)20-19-21-40-32-63-52-50(71-72(15,16)54(10,11)12)37(7)27-43(57(40,52)60)53(59)66-42-28-41(23-22-35(48)5)69-55(31-42)26-24-36(6)49(70-55)33(3)18-2/h17,19-22,24,26-27,33-34,36,38-39,41-52,60H,1,18,23,25,28-32,58H2,2-16H3/b20-19+,35-22+,40-21+/t33-,34-,36-,38-,39-,41+,42-,43-,44-,45-,46-,47-,48-,49+,50+,51-,52+,55+,56+,57+/m0/s1. The van der Waals surface area contributed by atoms with Crippen molar-refractivity contribution in [1.29, 1.82) is 0 Å². The number of aliphatic hydroxyl groups is 1. The first-order chi connectivity index (χ1) is 33.8. The van der Waals surface area contributed by atoms with Gasteiger partial charge in [-0.25, -0.2) is 0 Å². The van der Waals surface area contributed by atoms with Crippen LogP contribution in [-0.4, -0.2) is 137 Å². The lowest BCUT2D eigenvalue weighted by atomic mass is 9.71. The predicted molar refractivity (Wildman–Crippen MR) is 279 cm³/mol. The van der Waals surface area contributed by atoms with E-state index in [-0.39, 0.29) is 59.9 Å². The quantitative estimate of drug-likeness (QED) is 0.108. The van der Waals surface area contributed by atoms with Gasteiger partial charge in [-0.15, -0.1) is 6.58 Å². The van der Waals surface area contributed by atoms with Gasteiger partial charge in [-0.3, -0.25) is 4.79 Å². The summed E-state index contributed by atoms with van der Waals surface area (Å²) < 4.78 is 73.0. The lowest BCUT2D eigenvalue weighted by Gasteiger charge is -2.49. The monoisotopic (exact) mass is 1030 g/mol. The molecule has 0 aromatic carbocycles. The third-order valence-corrected chi connectivity index (χ3v) is 22.1. The van der Waals surface area contributed by atoms with Crippen LogP contribution < -0.4 is 5.73 Å². The Bertz CT molecular complexity index is 2070. The van der Waals surface area contributed by atoms with E-state index >= 15 is 0 Å². The van der Waals surface area contributed by atoms with Crippen molar-refractivity contribution in [1.82, 2.24) is 0 Å². The molecule has 0 aromatic rings. The van der Waals surface area contributed by atoms with Crippen LogP contribution in [0.3, 0.4) is 0 Å². The van der Waals surface area contributed by atoms with Crippen molar-refractivity contribution in [3.8, 4) is 0 Å². The Hall–Kier alpha value is -2.35. The topological polar surface area (TPSA) is 165 Å². The Kier molecular flexibility index (Phi) is 18.1. The van der Waals surface area contributed by atoms with Crippen molar-refractivity contribution in [2.45, 2.75) is 236 Å². The zero-order chi connectivity index (χ0) is 52.7. The van der Waals surface area contributed by atoms with E-state index in [0.717, 1.165) is 17.6 Å². The van der Waals surface area contributed by atoms with Crippen LogP contribution in [0, 0.1) is 23.7 Å². The van der Waals surface area contributed by atoms with Crippen LogP contribution in [0.15, 0.2) is 71.9 Å². The minimum Gasteiger partial charge on any atom is -0.462 e. The van der Waals surface area contributed by atoms with Crippen molar-refractivity contribution in [3.05, 3.63) is 71.9 Å². The third-order valence-electron chi connectivity index (χ3n) is 17.6. The van der Waals surface area contributed by atoms with Crippen LogP contribution in [0.2, 0.25) is 18.1 Å². The number of nitrogens with two attached hydrogens (primary N) is 1. The highest BCUT2D eigenvalue weighted by Gasteiger charge is 2.62. The van der Waals surface area contributed by atoms with E-state index in [1.165, 1.54) is 0 Å². The fourth-order valence-electron chi connectivity index (χ4n) is 11.9. The van der Waals surface area contributed by atoms with Gasteiger partial charge in [0.1, 0.15) is 29.8 Å². The summed E-state index contributed by atoms with van der Waals surface area (Å²) in [4.78, 5) is 14.9. The minimum atomic E-state index is -2.38. The highest BCUT2D eigenvalue weighted by molar-refractivity contribution is 6.74. The lowest BCUT2D eigenvalue weighted by Crippen LogP contribution is -2.65. The average Bonchev–Trinajstić information content (AvgIpc) is 3.65. The second-order valence-electron chi connectivity index (χ2n) is 23.8. The average molecular weight is 1030 g/mol. The molecule has 3 N–H and O–H groups in total. The fourth-order valence-corrected chi connectivity index (χ4v) is 13.2. The Morgan fingerprint density at radius 1 is 0.958 bits per heavy atom. The number of hydrogen-bond acceptors (Lipinski definition) is 14. The predicted octanol–water partition coefficient (Wildman–Crippen LogP) is 9.32. The van der Waals surface area contributed by atoms with E-state index < -0.39 is 86.3 Å². The molecular weight excluding hydrogens is 935 g/mol. The van der Waals surface area contributed by atoms with Crippen LogP contribution in [0.25, 0.3) is 0 Å². The summed E-state index contributed by atoms with van der Waals surface area (Å²) in [5.74, 6) is -2.40. The summed E-state index contributed by atoms with van der Waals surface area (Å²) >= 11 is 0. The summed E-state index contributed by atoms with van der Waals surface area (Å²) in [7, 11) is 0.971. The number of carbonyl (C=O) groups is 1. The normalized spacial score (nSPS) is 45.5. The first-order valence-corrected chi connectivity index (χ1v) is 29.8. The number of methoxy groups -OCH3 is 2. The largest absolute Gasteiger partial charge is 0.462 e. The summed E-state index contributed by atoms with van der Waals surface area (Å²) in [6, 6.07) is 0. The Morgan fingerprint density at radius 3 is 2.35 bits per heavy atom. The Labute approximate surface area is 432 Å². The van der Waals surface area contributed by atoms with Gasteiger partial charge in [0.15, 0.2) is 26.7 Å². The minimum absolute atomic E-state index is 0.0881. The van der Waals surface area contributed by atoms with Gasteiger partial charge in [-0.2, -0.15) is 0 Å². The van der Waals surface area contributed by atoms with Crippen molar-refractivity contribution < 1.29 is 61.7 Å². The highest BCUT2D eigenvalue weighted by atomic mass is 28.4. The molecule has 0 amide bonds. The fraction of sp³-hybridized carbons (Fsp3) is 0.772. The molecule has 406 valence electrons. The number of carbonyl (C=O) groups excluding carboxylic acids is 1. The number of hydrogen-bond donors (Lipinski definition) is 2.